The Labute approximate surface area is 175 Å². The number of aromatic nitrogens is 3. The normalized spacial score (nSPS) is 16.0. The predicted octanol–water partition coefficient (Wildman–Crippen LogP) is 2.51. The molecular formula is C23H26N4O3. The number of hydrogen-bond acceptors (Lipinski definition) is 4. The van der Waals surface area contributed by atoms with E-state index >= 15 is 0 Å². The Kier molecular flexibility index (Phi) is 6.09. The van der Waals surface area contributed by atoms with E-state index in [0.29, 0.717) is 25.2 Å². The van der Waals surface area contributed by atoms with Crippen molar-refractivity contribution < 1.29 is 9.53 Å². The molecule has 2 aromatic heterocycles. The number of carbonyl (C=O) groups is 1. The van der Waals surface area contributed by atoms with Crippen LogP contribution in [0.15, 0.2) is 59.8 Å². The van der Waals surface area contributed by atoms with Crippen LogP contribution in [-0.2, 0) is 24.4 Å². The molecule has 30 heavy (non-hydrogen) atoms. The first-order valence-corrected chi connectivity index (χ1v) is 10.3. The van der Waals surface area contributed by atoms with Crippen molar-refractivity contribution in [1.82, 2.24) is 19.7 Å². The van der Waals surface area contributed by atoms with Gasteiger partial charge in [0.05, 0.1) is 19.2 Å². The highest BCUT2D eigenvalue weighted by Crippen LogP contribution is 2.14. The number of ether oxygens (including phenoxy) is 1. The lowest BCUT2D eigenvalue weighted by Crippen LogP contribution is -2.35. The van der Waals surface area contributed by atoms with Gasteiger partial charge in [-0.3, -0.25) is 14.3 Å². The topological polar surface area (TPSA) is 78.1 Å². The van der Waals surface area contributed by atoms with Gasteiger partial charge in [0.1, 0.15) is 5.56 Å². The van der Waals surface area contributed by atoms with Crippen molar-refractivity contribution in [2.24, 2.45) is 0 Å². The molecule has 1 amide bonds. The van der Waals surface area contributed by atoms with Crippen LogP contribution >= 0.6 is 0 Å². The lowest BCUT2D eigenvalue weighted by Gasteiger charge is -2.15. The molecule has 7 heteroatoms. The molecule has 156 valence electrons. The first-order valence-electron chi connectivity index (χ1n) is 10.3. The Bertz CT molecular complexity index is 1070. The number of carbonyl (C=O) groups excluding carboxylic acids is 1. The first kappa shape index (κ1) is 20.1. The molecule has 1 unspecified atom stereocenters. The Morgan fingerprint density at radius 1 is 1.20 bits per heavy atom. The van der Waals surface area contributed by atoms with E-state index in [1.165, 1.54) is 0 Å². The van der Waals surface area contributed by atoms with E-state index in [4.69, 9.17) is 4.74 Å². The molecule has 7 nitrogen and oxygen atoms in total. The average molecular weight is 406 g/mol. The summed E-state index contributed by atoms with van der Waals surface area (Å²) in [5, 5.41) is 7.17. The minimum atomic E-state index is -0.354. The zero-order valence-corrected chi connectivity index (χ0v) is 17.1. The van der Waals surface area contributed by atoms with Gasteiger partial charge in [-0.15, -0.1) is 0 Å². The Hall–Kier alpha value is -3.19. The summed E-state index contributed by atoms with van der Waals surface area (Å²) >= 11 is 0. The van der Waals surface area contributed by atoms with Crippen LogP contribution in [0.2, 0.25) is 0 Å². The summed E-state index contributed by atoms with van der Waals surface area (Å²) in [5.41, 5.74) is 2.66. The van der Waals surface area contributed by atoms with Gasteiger partial charge in [-0.2, -0.15) is 5.10 Å². The number of nitrogens with one attached hydrogen (secondary N) is 1. The molecule has 1 N–H and O–H groups in total. The minimum absolute atomic E-state index is 0.0375. The Morgan fingerprint density at radius 3 is 2.77 bits per heavy atom. The molecule has 0 radical (unpaired) electrons. The molecule has 3 heterocycles. The van der Waals surface area contributed by atoms with Crippen LogP contribution in [0.1, 0.15) is 39.9 Å². The summed E-state index contributed by atoms with van der Waals surface area (Å²) in [5.74, 6) is -0.354. The smallest absolute Gasteiger partial charge is 0.263 e. The second kappa shape index (κ2) is 9.09. The molecule has 1 aliphatic heterocycles. The van der Waals surface area contributed by atoms with Crippen molar-refractivity contribution in [2.75, 3.05) is 6.61 Å². The molecule has 0 saturated carbocycles. The SMILES string of the molecule is Cc1ccn(CC2CCCO2)c(=O)c1C(=O)NCc1ccccc1Cn1cccn1. The molecule has 1 fully saturated rings. The van der Waals surface area contributed by atoms with Crippen LogP contribution in [-0.4, -0.2) is 33.0 Å². The standard InChI is InChI=1S/C23H26N4O3/c1-17-9-12-26(16-20-8-4-13-30-20)23(29)21(17)22(28)24-14-18-6-2-3-7-19(18)15-27-11-5-10-25-27/h2-3,5-7,9-12,20H,4,8,13-16H2,1H3,(H,24,28). The van der Waals surface area contributed by atoms with Crippen LogP contribution in [0.4, 0.5) is 0 Å². The van der Waals surface area contributed by atoms with E-state index in [9.17, 15) is 9.59 Å². The van der Waals surface area contributed by atoms with Gasteiger partial charge in [0.15, 0.2) is 0 Å². The van der Waals surface area contributed by atoms with E-state index in [1.54, 1.807) is 23.9 Å². The average Bonchev–Trinajstić information content (AvgIpc) is 3.44. The fraction of sp³-hybridized carbons (Fsp3) is 0.348. The highest BCUT2D eigenvalue weighted by Gasteiger charge is 2.20. The van der Waals surface area contributed by atoms with Crippen molar-refractivity contribution in [3.8, 4) is 0 Å². The van der Waals surface area contributed by atoms with Crippen molar-refractivity contribution in [3.05, 3.63) is 87.6 Å². The van der Waals surface area contributed by atoms with Crippen molar-refractivity contribution in [1.29, 1.82) is 0 Å². The van der Waals surface area contributed by atoms with Crippen LogP contribution < -0.4 is 10.9 Å². The van der Waals surface area contributed by atoms with Gasteiger partial charge in [0.25, 0.3) is 11.5 Å². The van der Waals surface area contributed by atoms with Crippen molar-refractivity contribution in [2.45, 2.75) is 45.5 Å². The number of amides is 1. The fourth-order valence-corrected chi connectivity index (χ4v) is 3.81. The number of pyridine rings is 1. The summed E-state index contributed by atoms with van der Waals surface area (Å²) in [6, 6.07) is 11.6. The molecule has 0 spiro atoms. The summed E-state index contributed by atoms with van der Waals surface area (Å²) in [7, 11) is 0. The van der Waals surface area contributed by atoms with Gasteiger partial charge in [-0.25, -0.2) is 0 Å². The van der Waals surface area contributed by atoms with Gasteiger partial charge < -0.3 is 14.6 Å². The highest BCUT2D eigenvalue weighted by atomic mass is 16.5. The zero-order valence-electron chi connectivity index (χ0n) is 17.1. The maximum absolute atomic E-state index is 12.9. The Balaban J connectivity index is 1.49. The number of benzene rings is 1. The molecule has 1 aliphatic rings. The van der Waals surface area contributed by atoms with Crippen LogP contribution in [0.5, 0.6) is 0 Å². The lowest BCUT2D eigenvalue weighted by molar-refractivity contribution is 0.0928. The maximum atomic E-state index is 12.9. The van der Waals surface area contributed by atoms with Crippen LogP contribution in [0.25, 0.3) is 0 Å². The summed E-state index contributed by atoms with van der Waals surface area (Å²) < 4.78 is 9.06. The third kappa shape index (κ3) is 4.52. The third-order valence-electron chi connectivity index (χ3n) is 5.47. The lowest BCUT2D eigenvalue weighted by atomic mass is 10.1. The minimum Gasteiger partial charge on any atom is -0.376 e. The second-order valence-corrected chi connectivity index (χ2v) is 7.62. The largest absolute Gasteiger partial charge is 0.376 e. The van der Waals surface area contributed by atoms with E-state index < -0.39 is 0 Å². The fourth-order valence-electron chi connectivity index (χ4n) is 3.81. The first-order chi connectivity index (χ1) is 14.6. The number of rotatable bonds is 7. The number of aryl methyl sites for hydroxylation is 1. The van der Waals surface area contributed by atoms with E-state index in [0.717, 1.165) is 30.6 Å². The Morgan fingerprint density at radius 2 is 2.03 bits per heavy atom. The summed E-state index contributed by atoms with van der Waals surface area (Å²) in [4.78, 5) is 25.8. The molecule has 1 saturated heterocycles. The maximum Gasteiger partial charge on any atom is 0.263 e. The molecule has 3 aromatic rings. The molecule has 1 aromatic carbocycles. The third-order valence-corrected chi connectivity index (χ3v) is 5.47. The molecule has 4 rings (SSSR count). The van der Waals surface area contributed by atoms with E-state index in [1.807, 2.05) is 47.3 Å². The van der Waals surface area contributed by atoms with E-state index in [2.05, 4.69) is 10.4 Å². The van der Waals surface area contributed by atoms with Gasteiger partial charge >= 0.3 is 0 Å². The number of nitrogens with zero attached hydrogens (tertiary/aromatic N) is 3. The quantitative estimate of drug-likeness (QED) is 0.654. The molecule has 0 bridgehead atoms. The predicted molar refractivity (Wildman–Crippen MR) is 113 cm³/mol. The highest BCUT2D eigenvalue weighted by molar-refractivity contribution is 5.95. The van der Waals surface area contributed by atoms with E-state index in [-0.39, 0.29) is 23.1 Å². The molecule has 0 aliphatic carbocycles. The van der Waals surface area contributed by atoms with Crippen molar-refractivity contribution in [3.63, 3.8) is 0 Å². The summed E-state index contributed by atoms with van der Waals surface area (Å²) in [6.45, 7) is 3.97. The van der Waals surface area contributed by atoms with Gasteiger partial charge in [0.2, 0.25) is 0 Å². The summed E-state index contributed by atoms with van der Waals surface area (Å²) in [6.07, 6.45) is 7.38. The van der Waals surface area contributed by atoms with Gasteiger partial charge in [-0.05, 0) is 48.6 Å². The van der Waals surface area contributed by atoms with Gasteiger partial charge in [-0.1, -0.05) is 24.3 Å². The van der Waals surface area contributed by atoms with Crippen LogP contribution in [0.3, 0.4) is 0 Å². The monoisotopic (exact) mass is 406 g/mol. The van der Waals surface area contributed by atoms with Crippen molar-refractivity contribution >= 4 is 5.91 Å². The van der Waals surface area contributed by atoms with Gasteiger partial charge in [0, 0.05) is 31.7 Å². The molecular weight excluding hydrogens is 380 g/mol. The number of hydrogen-bond donors (Lipinski definition) is 1. The zero-order chi connectivity index (χ0) is 20.9. The molecule has 1 atom stereocenters. The second-order valence-electron chi connectivity index (χ2n) is 7.62. The van der Waals surface area contributed by atoms with Crippen LogP contribution in [0, 0.1) is 6.92 Å².